The van der Waals surface area contributed by atoms with E-state index >= 15 is 0 Å². The number of hydrogen-bond donors (Lipinski definition) is 0. The smallest absolute Gasteiger partial charge is 0.000674 e. The molecule has 0 amide bonds. The van der Waals surface area contributed by atoms with Crippen LogP contribution in [0.1, 0.15) is 5.56 Å². The number of hydrogen-bond acceptors (Lipinski definition) is 1. The van der Waals surface area contributed by atoms with Crippen LogP contribution in [0.5, 0.6) is 0 Å². The predicted octanol–water partition coefficient (Wildman–Crippen LogP) is 3.39. The molecule has 0 N–H and O–H groups in total. The van der Waals surface area contributed by atoms with Gasteiger partial charge in [0.2, 0.25) is 0 Å². The lowest BCUT2D eigenvalue weighted by Crippen LogP contribution is -2.21. The van der Waals surface area contributed by atoms with Crippen molar-refractivity contribution in [2.75, 3.05) is 20.6 Å². The Morgan fingerprint density at radius 2 is 1.76 bits per heavy atom. The highest BCUT2D eigenvalue weighted by Crippen LogP contribution is 2.21. The standard InChI is InChI=1S/C16H20N/c1-13(12-17(2)3)11-15-9-6-8-14-7-4-5-10-16(14)15/h4-10,13H,1,11-12H2,2-3H3. The molecule has 1 radical (unpaired) electrons. The van der Waals surface area contributed by atoms with E-state index in [2.05, 4.69) is 68.4 Å². The molecular weight excluding hydrogens is 206 g/mol. The molecule has 0 bridgehead atoms. The van der Waals surface area contributed by atoms with Crippen molar-refractivity contribution in [3.63, 3.8) is 0 Å². The minimum atomic E-state index is 0.441. The van der Waals surface area contributed by atoms with Crippen LogP contribution in [0.25, 0.3) is 10.8 Å². The Labute approximate surface area is 104 Å². The Morgan fingerprint density at radius 1 is 1.06 bits per heavy atom. The Hall–Kier alpha value is -1.34. The van der Waals surface area contributed by atoms with Gasteiger partial charge in [0, 0.05) is 6.54 Å². The molecule has 0 aliphatic heterocycles. The van der Waals surface area contributed by atoms with E-state index in [1.165, 1.54) is 16.3 Å². The summed E-state index contributed by atoms with van der Waals surface area (Å²) in [6.07, 6.45) is 1.04. The van der Waals surface area contributed by atoms with Gasteiger partial charge in [-0.3, -0.25) is 0 Å². The highest BCUT2D eigenvalue weighted by atomic mass is 15.1. The average molecular weight is 226 g/mol. The molecule has 0 heterocycles. The number of fused-ring (bicyclic) bond motifs is 1. The summed E-state index contributed by atoms with van der Waals surface area (Å²) in [5.74, 6) is 0.441. The van der Waals surface area contributed by atoms with E-state index in [1.807, 2.05) is 0 Å². The maximum Gasteiger partial charge on any atom is 0.000674 e. The molecule has 89 valence electrons. The minimum Gasteiger partial charge on any atom is -0.309 e. The maximum absolute atomic E-state index is 4.24. The van der Waals surface area contributed by atoms with Crippen LogP contribution < -0.4 is 0 Å². The average Bonchev–Trinajstić information content (AvgIpc) is 2.28. The summed E-state index contributed by atoms with van der Waals surface area (Å²) < 4.78 is 0. The van der Waals surface area contributed by atoms with Gasteiger partial charge in [0.25, 0.3) is 0 Å². The fourth-order valence-corrected chi connectivity index (χ4v) is 2.36. The van der Waals surface area contributed by atoms with E-state index < -0.39 is 0 Å². The highest BCUT2D eigenvalue weighted by Gasteiger charge is 2.07. The van der Waals surface area contributed by atoms with Crippen molar-refractivity contribution in [1.82, 2.24) is 4.90 Å². The largest absolute Gasteiger partial charge is 0.309 e. The number of benzene rings is 2. The number of nitrogens with zero attached hydrogens (tertiary/aromatic N) is 1. The van der Waals surface area contributed by atoms with Crippen molar-refractivity contribution in [2.45, 2.75) is 6.42 Å². The van der Waals surface area contributed by atoms with Gasteiger partial charge in [0.1, 0.15) is 0 Å². The number of rotatable bonds is 4. The van der Waals surface area contributed by atoms with Crippen LogP contribution in [-0.4, -0.2) is 25.5 Å². The maximum atomic E-state index is 4.24. The normalized spacial score (nSPS) is 13.2. The van der Waals surface area contributed by atoms with Crippen molar-refractivity contribution in [1.29, 1.82) is 0 Å². The minimum absolute atomic E-state index is 0.441. The summed E-state index contributed by atoms with van der Waals surface area (Å²) in [6.45, 7) is 5.27. The lowest BCUT2D eigenvalue weighted by atomic mass is 9.96. The zero-order valence-corrected chi connectivity index (χ0v) is 10.7. The Morgan fingerprint density at radius 3 is 2.53 bits per heavy atom. The van der Waals surface area contributed by atoms with Gasteiger partial charge in [-0.2, -0.15) is 0 Å². The van der Waals surface area contributed by atoms with Gasteiger partial charge in [0.15, 0.2) is 0 Å². The Balaban J connectivity index is 2.24. The van der Waals surface area contributed by atoms with Gasteiger partial charge in [-0.25, -0.2) is 0 Å². The first-order chi connectivity index (χ1) is 8.16. The predicted molar refractivity (Wildman–Crippen MR) is 75.1 cm³/mol. The van der Waals surface area contributed by atoms with E-state index in [-0.39, 0.29) is 0 Å². The molecule has 2 aromatic carbocycles. The van der Waals surface area contributed by atoms with Gasteiger partial charge < -0.3 is 4.90 Å². The molecule has 0 saturated heterocycles. The first kappa shape index (κ1) is 12.1. The van der Waals surface area contributed by atoms with Crippen LogP contribution >= 0.6 is 0 Å². The molecule has 0 saturated carbocycles. The van der Waals surface area contributed by atoms with Gasteiger partial charge >= 0.3 is 0 Å². The van der Waals surface area contributed by atoms with E-state index in [9.17, 15) is 0 Å². The lowest BCUT2D eigenvalue weighted by molar-refractivity contribution is 0.356. The van der Waals surface area contributed by atoms with E-state index in [1.54, 1.807) is 0 Å². The molecule has 0 aliphatic rings. The molecule has 2 aromatic rings. The zero-order valence-electron chi connectivity index (χ0n) is 10.7. The van der Waals surface area contributed by atoms with Crippen LogP contribution in [0.4, 0.5) is 0 Å². The third kappa shape index (κ3) is 3.07. The fraction of sp³-hybridized carbons (Fsp3) is 0.312. The molecule has 1 heteroatoms. The summed E-state index contributed by atoms with van der Waals surface area (Å²) in [4.78, 5) is 2.20. The van der Waals surface area contributed by atoms with Crippen molar-refractivity contribution >= 4 is 10.8 Å². The van der Waals surface area contributed by atoms with Crippen LogP contribution in [0, 0.1) is 12.8 Å². The van der Waals surface area contributed by atoms with Gasteiger partial charge in [-0.05, 0) is 49.7 Å². The molecule has 1 atom stereocenters. The third-order valence-electron chi connectivity index (χ3n) is 3.01. The summed E-state index contributed by atoms with van der Waals surface area (Å²) in [5.41, 5.74) is 1.41. The van der Waals surface area contributed by atoms with Crippen molar-refractivity contribution in [3.8, 4) is 0 Å². The topological polar surface area (TPSA) is 3.24 Å². The SMILES string of the molecule is [CH2]C(Cc1cccc2ccccc12)CN(C)C. The quantitative estimate of drug-likeness (QED) is 0.772. The van der Waals surface area contributed by atoms with Crippen molar-refractivity contribution in [2.24, 2.45) is 5.92 Å². The molecule has 0 fully saturated rings. The zero-order chi connectivity index (χ0) is 12.3. The van der Waals surface area contributed by atoms with E-state index in [0.717, 1.165) is 13.0 Å². The Bertz CT molecular complexity index is 482. The van der Waals surface area contributed by atoms with Crippen LogP contribution in [0.2, 0.25) is 0 Å². The van der Waals surface area contributed by atoms with Crippen LogP contribution in [0.3, 0.4) is 0 Å². The second-order valence-corrected chi connectivity index (χ2v) is 4.97. The summed E-state index contributed by atoms with van der Waals surface area (Å²) >= 11 is 0. The van der Waals surface area contributed by atoms with Crippen LogP contribution in [-0.2, 0) is 6.42 Å². The van der Waals surface area contributed by atoms with E-state index in [4.69, 9.17) is 0 Å². The molecule has 17 heavy (non-hydrogen) atoms. The molecular formula is C16H20N. The molecule has 0 aromatic heterocycles. The summed E-state index contributed by atoms with van der Waals surface area (Å²) in [5, 5.41) is 2.68. The third-order valence-corrected chi connectivity index (χ3v) is 3.01. The molecule has 1 nitrogen and oxygen atoms in total. The van der Waals surface area contributed by atoms with Crippen molar-refractivity contribution < 1.29 is 0 Å². The summed E-state index contributed by atoms with van der Waals surface area (Å²) in [7, 11) is 4.20. The van der Waals surface area contributed by atoms with Gasteiger partial charge in [-0.1, -0.05) is 42.5 Å². The summed E-state index contributed by atoms with van der Waals surface area (Å²) in [6, 6.07) is 15.1. The first-order valence-electron chi connectivity index (χ1n) is 6.11. The monoisotopic (exact) mass is 226 g/mol. The lowest BCUT2D eigenvalue weighted by Gasteiger charge is -2.17. The second-order valence-electron chi connectivity index (χ2n) is 4.97. The van der Waals surface area contributed by atoms with Gasteiger partial charge in [0.05, 0.1) is 0 Å². The Kier molecular flexibility index (Phi) is 3.80. The molecule has 0 aliphatic carbocycles. The van der Waals surface area contributed by atoms with E-state index in [0.29, 0.717) is 5.92 Å². The fourth-order valence-electron chi connectivity index (χ4n) is 2.36. The highest BCUT2D eigenvalue weighted by molar-refractivity contribution is 5.85. The van der Waals surface area contributed by atoms with Crippen molar-refractivity contribution in [3.05, 3.63) is 55.0 Å². The first-order valence-corrected chi connectivity index (χ1v) is 6.11. The molecule has 1 unspecified atom stereocenters. The van der Waals surface area contributed by atoms with Gasteiger partial charge in [-0.15, -0.1) is 0 Å². The molecule has 2 rings (SSSR count). The second kappa shape index (κ2) is 5.33. The van der Waals surface area contributed by atoms with Crippen LogP contribution in [0.15, 0.2) is 42.5 Å². The molecule has 0 spiro atoms.